The standard InChI is InChI=1S/C14H15N5/c1-8-13(15)10(3)19(18-8)14-9(2)16-11-6-4-5-7-12(11)17-14/h4-7H,15H2,1-3H3. The molecule has 3 aromatic rings. The van der Waals surface area contributed by atoms with Gasteiger partial charge in [0.2, 0.25) is 0 Å². The van der Waals surface area contributed by atoms with Gasteiger partial charge < -0.3 is 5.73 Å². The van der Waals surface area contributed by atoms with E-state index in [0.717, 1.165) is 33.9 Å². The van der Waals surface area contributed by atoms with E-state index in [9.17, 15) is 0 Å². The fourth-order valence-corrected chi connectivity index (χ4v) is 2.14. The molecule has 0 saturated heterocycles. The van der Waals surface area contributed by atoms with E-state index in [1.54, 1.807) is 4.68 Å². The molecule has 0 aliphatic carbocycles. The van der Waals surface area contributed by atoms with E-state index >= 15 is 0 Å². The van der Waals surface area contributed by atoms with Gasteiger partial charge in [-0.15, -0.1) is 0 Å². The first-order chi connectivity index (χ1) is 9.08. The van der Waals surface area contributed by atoms with Gasteiger partial charge in [0.25, 0.3) is 0 Å². The van der Waals surface area contributed by atoms with Crippen LogP contribution in [0.25, 0.3) is 16.9 Å². The third kappa shape index (κ3) is 1.74. The molecule has 19 heavy (non-hydrogen) atoms. The van der Waals surface area contributed by atoms with Crippen LogP contribution in [0.3, 0.4) is 0 Å². The zero-order valence-electron chi connectivity index (χ0n) is 11.2. The molecule has 0 unspecified atom stereocenters. The monoisotopic (exact) mass is 253 g/mol. The minimum Gasteiger partial charge on any atom is -0.396 e. The van der Waals surface area contributed by atoms with Gasteiger partial charge in [-0.05, 0) is 32.9 Å². The summed E-state index contributed by atoms with van der Waals surface area (Å²) in [5.74, 6) is 0.732. The Morgan fingerprint density at radius 3 is 2.16 bits per heavy atom. The minimum atomic E-state index is 0.703. The predicted molar refractivity (Wildman–Crippen MR) is 75.3 cm³/mol. The van der Waals surface area contributed by atoms with Gasteiger partial charge in [0.15, 0.2) is 5.82 Å². The molecule has 5 nitrogen and oxygen atoms in total. The largest absolute Gasteiger partial charge is 0.396 e. The van der Waals surface area contributed by atoms with Crippen LogP contribution in [0.1, 0.15) is 17.1 Å². The van der Waals surface area contributed by atoms with E-state index in [1.165, 1.54) is 0 Å². The summed E-state index contributed by atoms with van der Waals surface area (Å²) < 4.78 is 1.76. The van der Waals surface area contributed by atoms with Gasteiger partial charge in [-0.3, -0.25) is 0 Å². The average molecular weight is 253 g/mol. The number of nitrogens with zero attached hydrogens (tertiary/aromatic N) is 4. The highest BCUT2D eigenvalue weighted by molar-refractivity contribution is 5.75. The number of anilines is 1. The predicted octanol–water partition coefficient (Wildman–Crippen LogP) is 2.32. The van der Waals surface area contributed by atoms with Crippen molar-refractivity contribution in [3.8, 4) is 5.82 Å². The fourth-order valence-electron chi connectivity index (χ4n) is 2.14. The Kier molecular flexibility index (Phi) is 2.48. The molecular formula is C14H15N5. The summed E-state index contributed by atoms with van der Waals surface area (Å²) in [5.41, 5.74) is 11.0. The molecule has 2 N–H and O–H groups in total. The van der Waals surface area contributed by atoms with Crippen LogP contribution in [0.5, 0.6) is 0 Å². The van der Waals surface area contributed by atoms with Crippen LogP contribution in [0, 0.1) is 20.8 Å². The van der Waals surface area contributed by atoms with Crippen LogP contribution in [0.4, 0.5) is 5.69 Å². The van der Waals surface area contributed by atoms with Gasteiger partial charge in [0.1, 0.15) is 0 Å². The van der Waals surface area contributed by atoms with Crippen molar-refractivity contribution < 1.29 is 0 Å². The summed E-state index contributed by atoms with van der Waals surface area (Å²) in [4.78, 5) is 9.21. The highest BCUT2D eigenvalue weighted by Gasteiger charge is 2.14. The molecule has 5 heteroatoms. The molecule has 0 aliphatic heterocycles. The molecule has 3 rings (SSSR count). The molecule has 0 saturated carbocycles. The van der Waals surface area contributed by atoms with Gasteiger partial charge in [0, 0.05) is 0 Å². The number of hydrogen-bond acceptors (Lipinski definition) is 4. The first-order valence-corrected chi connectivity index (χ1v) is 6.13. The van der Waals surface area contributed by atoms with E-state index in [2.05, 4.69) is 15.1 Å². The molecule has 1 aromatic carbocycles. The molecule has 0 aliphatic rings. The van der Waals surface area contributed by atoms with Crippen molar-refractivity contribution in [2.45, 2.75) is 20.8 Å². The van der Waals surface area contributed by atoms with Crippen LogP contribution in [0.15, 0.2) is 24.3 Å². The number of aryl methyl sites for hydroxylation is 2. The van der Waals surface area contributed by atoms with Crippen LogP contribution < -0.4 is 5.73 Å². The molecule has 2 heterocycles. The third-order valence-corrected chi connectivity index (χ3v) is 3.27. The number of hydrogen-bond donors (Lipinski definition) is 1. The molecule has 2 aromatic heterocycles. The zero-order valence-corrected chi connectivity index (χ0v) is 11.2. The third-order valence-electron chi connectivity index (χ3n) is 3.27. The molecule has 0 fully saturated rings. The number of fused-ring (bicyclic) bond motifs is 1. The van der Waals surface area contributed by atoms with Crippen molar-refractivity contribution in [2.24, 2.45) is 0 Å². The fraction of sp³-hybridized carbons (Fsp3) is 0.214. The Balaban J connectivity index is 2.30. The molecule has 0 spiro atoms. The van der Waals surface area contributed by atoms with Gasteiger partial charge >= 0.3 is 0 Å². The van der Waals surface area contributed by atoms with Gasteiger partial charge in [-0.2, -0.15) is 5.10 Å². The smallest absolute Gasteiger partial charge is 0.175 e. The molecule has 0 radical (unpaired) electrons. The first-order valence-electron chi connectivity index (χ1n) is 6.13. The number of benzene rings is 1. The Morgan fingerprint density at radius 2 is 1.58 bits per heavy atom. The Bertz CT molecular complexity index is 773. The van der Waals surface area contributed by atoms with E-state index in [0.29, 0.717) is 5.69 Å². The highest BCUT2D eigenvalue weighted by Crippen LogP contribution is 2.21. The second-order valence-electron chi connectivity index (χ2n) is 4.62. The van der Waals surface area contributed by atoms with Crippen molar-refractivity contribution in [1.29, 1.82) is 0 Å². The Hall–Kier alpha value is -2.43. The molecule has 0 bridgehead atoms. The van der Waals surface area contributed by atoms with Crippen molar-refractivity contribution in [3.63, 3.8) is 0 Å². The van der Waals surface area contributed by atoms with Crippen LogP contribution in [0.2, 0.25) is 0 Å². The van der Waals surface area contributed by atoms with E-state index in [-0.39, 0.29) is 0 Å². The van der Waals surface area contributed by atoms with Crippen LogP contribution in [-0.2, 0) is 0 Å². The SMILES string of the molecule is Cc1nc2ccccc2nc1-n1nc(C)c(N)c1C. The maximum Gasteiger partial charge on any atom is 0.175 e. The van der Waals surface area contributed by atoms with Crippen molar-refractivity contribution in [1.82, 2.24) is 19.7 Å². The van der Waals surface area contributed by atoms with Gasteiger partial charge in [-0.1, -0.05) is 12.1 Å². The molecule has 0 atom stereocenters. The van der Waals surface area contributed by atoms with E-state index < -0.39 is 0 Å². The zero-order chi connectivity index (χ0) is 13.6. The minimum absolute atomic E-state index is 0.703. The number of para-hydroxylation sites is 2. The second kappa shape index (κ2) is 4.05. The summed E-state index contributed by atoms with van der Waals surface area (Å²) in [5, 5.41) is 4.44. The summed E-state index contributed by atoms with van der Waals surface area (Å²) in [6.07, 6.45) is 0. The summed E-state index contributed by atoms with van der Waals surface area (Å²) in [6.45, 7) is 5.76. The molecule has 96 valence electrons. The maximum absolute atomic E-state index is 5.97. The van der Waals surface area contributed by atoms with Crippen LogP contribution in [-0.4, -0.2) is 19.7 Å². The number of nitrogen functional groups attached to an aromatic ring is 1. The van der Waals surface area contributed by atoms with Gasteiger partial charge in [0.05, 0.1) is 33.8 Å². The van der Waals surface area contributed by atoms with Crippen molar-refractivity contribution in [2.75, 3.05) is 5.73 Å². The lowest BCUT2D eigenvalue weighted by Gasteiger charge is -2.08. The maximum atomic E-state index is 5.97. The first kappa shape index (κ1) is 11.6. The Morgan fingerprint density at radius 1 is 0.947 bits per heavy atom. The quantitative estimate of drug-likeness (QED) is 0.722. The van der Waals surface area contributed by atoms with Gasteiger partial charge in [-0.25, -0.2) is 14.6 Å². The lowest BCUT2D eigenvalue weighted by atomic mass is 10.3. The van der Waals surface area contributed by atoms with E-state index in [1.807, 2.05) is 45.0 Å². The second-order valence-corrected chi connectivity index (χ2v) is 4.62. The van der Waals surface area contributed by atoms with Crippen molar-refractivity contribution in [3.05, 3.63) is 41.3 Å². The number of rotatable bonds is 1. The summed E-state index contributed by atoms with van der Waals surface area (Å²) in [6, 6.07) is 7.80. The number of aromatic nitrogens is 4. The van der Waals surface area contributed by atoms with Crippen LogP contribution >= 0.6 is 0 Å². The normalized spacial score (nSPS) is 11.1. The summed E-state index contributed by atoms with van der Waals surface area (Å²) in [7, 11) is 0. The molecule has 0 amide bonds. The lowest BCUT2D eigenvalue weighted by molar-refractivity contribution is 0.796. The highest BCUT2D eigenvalue weighted by atomic mass is 15.3. The number of nitrogens with two attached hydrogens (primary N) is 1. The van der Waals surface area contributed by atoms with E-state index in [4.69, 9.17) is 5.73 Å². The average Bonchev–Trinajstić information content (AvgIpc) is 2.66. The Labute approximate surface area is 111 Å². The lowest BCUT2D eigenvalue weighted by Crippen LogP contribution is -2.06. The topological polar surface area (TPSA) is 69.6 Å². The molecular weight excluding hydrogens is 238 g/mol. The summed E-state index contributed by atoms with van der Waals surface area (Å²) >= 11 is 0. The van der Waals surface area contributed by atoms with Crippen molar-refractivity contribution >= 4 is 16.7 Å².